The van der Waals surface area contributed by atoms with Gasteiger partial charge in [-0.3, -0.25) is 4.90 Å². The molecule has 0 atom stereocenters. The molecule has 2 aliphatic rings. The smallest absolute Gasteiger partial charge is 0.407 e. The van der Waals surface area contributed by atoms with Crippen LogP contribution < -0.4 is 5.32 Å². The van der Waals surface area contributed by atoms with E-state index in [-0.39, 0.29) is 11.6 Å². The summed E-state index contributed by atoms with van der Waals surface area (Å²) in [5.74, 6) is 0. The molecule has 0 aromatic rings. The number of carbonyl (C=O) groups excluding carboxylic acids is 1. The second-order valence-corrected chi connectivity index (χ2v) is 5.82. The predicted octanol–water partition coefficient (Wildman–Crippen LogP) is 0.529. The zero-order chi connectivity index (χ0) is 14.4. The Morgan fingerprint density at radius 3 is 2.50 bits per heavy atom. The molecular weight excluding hydrogens is 258 g/mol. The molecule has 2 aliphatic heterocycles. The van der Waals surface area contributed by atoms with Gasteiger partial charge in [-0.2, -0.15) is 0 Å². The van der Waals surface area contributed by atoms with Crippen LogP contribution in [0.15, 0.2) is 0 Å². The van der Waals surface area contributed by atoms with Crippen LogP contribution in [0.25, 0.3) is 0 Å². The Bertz CT molecular complexity index is 311. The van der Waals surface area contributed by atoms with E-state index in [1.807, 2.05) is 6.92 Å². The lowest BCUT2D eigenvalue weighted by Gasteiger charge is -2.44. The summed E-state index contributed by atoms with van der Waals surface area (Å²) in [4.78, 5) is 16.5. The number of hydrogen-bond acceptors (Lipinski definition) is 5. The molecule has 1 amide bonds. The first-order valence-corrected chi connectivity index (χ1v) is 7.57. The molecule has 0 aromatic heterocycles. The molecule has 116 valence electrons. The standard InChI is InChI=1S/C14H27N3O3/c1-3-20-13(18)15-14(4-6-16(2)7-5-14)12-17-8-10-19-11-9-17/h3-12H2,1-2H3,(H,15,18). The van der Waals surface area contributed by atoms with E-state index in [1.165, 1.54) is 0 Å². The monoisotopic (exact) mass is 285 g/mol. The Balaban J connectivity index is 1.97. The van der Waals surface area contributed by atoms with Gasteiger partial charge in [0.25, 0.3) is 0 Å². The Labute approximate surface area is 121 Å². The Hall–Kier alpha value is -0.850. The fraction of sp³-hybridized carbons (Fsp3) is 0.929. The number of nitrogens with zero attached hydrogens (tertiary/aromatic N) is 2. The van der Waals surface area contributed by atoms with Crippen molar-refractivity contribution in [3.8, 4) is 0 Å². The first-order chi connectivity index (χ1) is 9.63. The third-order valence-corrected chi connectivity index (χ3v) is 4.22. The molecule has 2 heterocycles. The molecule has 1 N–H and O–H groups in total. The Morgan fingerprint density at radius 2 is 1.90 bits per heavy atom. The molecule has 0 aromatic carbocycles. The molecule has 2 fully saturated rings. The van der Waals surface area contributed by atoms with Crippen molar-refractivity contribution in [2.75, 3.05) is 59.6 Å². The van der Waals surface area contributed by atoms with Gasteiger partial charge in [-0.1, -0.05) is 0 Å². The average Bonchev–Trinajstić information content (AvgIpc) is 2.44. The molecular formula is C14H27N3O3. The number of amides is 1. The van der Waals surface area contributed by atoms with Crippen molar-refractivity contribution in [2.24, 2.45) is 0 Å². The van der Waals surface area contributed by atoms with Gasteiger partial charge in [0.05, 0.1) is 25.4 Å². The molecule has 0 aliphatic carbocycles. The molecule has 0 saturated carbocycles. The Morgan fingerprint density at radius 1 is 1.25 bits per heavy atom. The van der Waals surface area contributed by atoms with Gasteiger partial charge in [-0.05, 0) is 26.8 Å². The molecule has 2 saturated heterocycles. The predicted molar refractivity (Wildman–Crippen MR) is 76.9 cm³/mol. The van der Waals surface area contributed by atoms with Gasteiger partial charge in [0.15, 0.2) is 0 Å². The molecule has 6 heteroatoms. The molecule has 0 bridgehead atoms. The fourth-order valence-electron chi connectivity index (χ4n) is 2.94. The summed E-state index contributed by atoms with van der Waals surface area (Å²) < 4.78 is 10.5. The number of piperidine rings is 1. The number of morpholine rings is 1. The molecule has 20 heavy (non-hydrogen) atoms. The lowest BCUT2D eigenvalue weighted by molar-refractivity contribution is 0.0134. The van der Waals surface area contributed by atoms with E-state index >= 15 is 0 Å². The van der Waals surface area contributed by atoms with Crippen LogP contribution in [0, 0.1) is 0 Å². The van der Waals surface area contributed by atoms with Crippen LogP contribution >= 0.6 is 0 Å². The maximum Gasteiger partial charge on any atom is 0.407 e. The number of alkyl carbamates (subject to hydrolysis) is 1. The summed E-state index contributed by atoms with van der Waals surface area (Å²) in [5.41, 5.74) is -0.157. The fourth-order valence-corrected chi connectivity index (χ4v) is 2.94. The van der Waals surface area contributed by atoms with E-state index in [0.29, 0.717) is 6.61 Å². The molecule has 6 nitrogen and oxygen atoms in total. The highest BCUT2D eigenvalue weighted by molar-refractivity contribution is 5.68. The number of ether oxygens (including phenoxy) is 2. The summed E-state index contributed by atoms with van der Waals surface area (Å²) >= 11 is 0. The van der Waals surface area contributed by atoms with Gasteiger partial charge in [0, 0.05) is 32.7 Å². The highest BCUT2D eigenvalue weighted by Crippen LogP contribution is 2.23. The number of rotatable bonds is 4. The van der Waals surface area contributed by atoms with Crippen LogP contribution in [0.3, 0.4) is 0 Å². The largest absolute Gasteiger partial charge is 0.450 e. The molecule has 0 radical (unpaired) electrons. The van der Waals surface area contributed by atoms with Gasteiger partial charge >= 0.3 is 6.09 Å². The van der Waals surface area contributed by atoms with Crippen molar-refractivity contribution in [3.05, 3.63) is 0 Å². The number of nitrogens with one attached hydrogen (secondary N) is 1. The molecule has 2 rings (SSSR count). The third kappa shape index (κ3) is 4.33. The summed E-state index contributed by atoms with van der Waals surface area (Å²) in [6, 6.07) is 0. The van der Waals surface area contributed by atoms with Crippen LogP contribution in [0.5, 0.6) is 0 Å². The van der Waals surface area contributed by atoms with Crippen molar-refractivity contribution in [2.45, 2.75) is 25.3 Å². The molecule has 0 spiro atoms. The SMILES string of the molecule is CCOC(=O)NC1(CN2CCOCC2)CCN(C)CC1. The van der Waals surface area contributed by atoms with Crippen LogP contribution in [0.2, 0.25) is 0 Å². The van der Waals surface area contributed by atoms with Crippen molar-refractivity contribution >= 4 is 6.09 Å². The van der Waals surface area contributed by atoms with Gasteiger partial charge in [0.2, 0.25) is 0 Å². The van der Waals surface area contributed by atoms with E-state index < -0.39 is 0 Å². The lowest BCUT2D eigenvalue weighted by atomic mass is 9.87. The summed E-state index contributed by atoms with van der Waals surface area (Å²) in [6.07, 6.45) is 1.66. The minimum atomic E-state index is -0.287. The van der Waals surface area contributed by atoms with Gasteiger partial charge in [-0.25, -0.2) is 4.79 Å². The minimum absolute atomic E-state index is 0.157. The van der Waals surface area contributed by atoms with Crippen molar-refractivity contribution in [1.82, 2.24) is 15.1 Å². The first-order valence-electron chi connectivity index (χ1n) is 7.57. The van der Waals surface area contributed by atoms with E-state index in [1.54, 1.807) is 0 Å². The summed E-state index contributed by atoms with van der Waals surface area (Å²) in [6.45, 7) is 8.63. The van der Waals surface area contributed by atoms with Crippen LogP contribution in [-0.4, -0.2) is 81.0 Å². The quantitative estimate of drug-likeness (QED) is 0.816. The lowest BCUT2D eigenvalue weighted by Crippen LogP contribution is -2.61. The number of carbonyl (C=O) groups is 1. The average molecular weight is 285 g/mol. The zero-order valence-electron chi connectivity index (χ0n) is 12.7. The maximum atomic E-state index is 11.8. The highest BCUT2D eigenvalue weighted by atomic mass is 16.5. The third-order valence-electron chi connectivity index (χ3n) is 4.22. The van der Waals surface area contributed by atoms with Crippen molar-refractivity contribution in [3.63, 3.8) is 0 Å². The maximum absolute atomic E-state index is 11.8. The van der Waals surface area contributed by atoms with E-state index in [2.05, 4.69) is 22.2 Å². The van der Waals surface area contributed by atoms with E-state index in [0.717, 1.165) is 58.8 Å². The molecule has 0 unspecified atom stereocenters. The second-order valence-electron chi connectivity index (χ2n) is 5.82. The Kier molecular flexibility index (Phi) is 5.63. The van der Waals surface area contributed by atoms with Gasteiger partial charge in [-0.15, -0.1) is 0 Å². The topological polar surface area (TPSA) is 54.0 Å². The van der Waals surface area contributed by atoms with E-state index in [4.69, 9.17) is 9.47 Å². The van der Waals surface area contributed by atoms with Crippen LogP contribution in [-0.2, 0) is 9.47 Å². The van der Waals surface area contributed by atoms with Gasteiger partial charge < -0.3 is 19.7 Å². The minimum Gasteiger partial charge on any atom is -0.450 e. The first kappa shape index (κ1) is 15.5. The second kappa shape index (κ2) is 7.24. The zero-order valence-corrected chi connectivity index (χ0v) is 12.7. The van der Waals surface area contributed by atoms with Gasteiger partial charge in [0.1, 0.15) is 0 Å². The summed E-state index contributed by atoms with van der Waals surface area (Å²) in [5, 5.41) is 3.13. The number of hydrogen-bond donors (Lipinski definition) is 1. The highest BCUT2D eigenvalue weighted by Gasteiger charge is 2.37. The number of likely N-dealkylation sites (tertiary alicyclic amines) is 1. The van der Waals surface area contributed by atoms with E-state index in [9.17, 15) is 4.79 Å². The summed E-state index contributed by atoms with van der Waals surface area (Å²) in [7, 11) is 2.13. The van der Waals surface area contributed by atoms with Crippen LogP contribution in [0.4, 0.5) is 4.79 Å². The normalized spacial score (nSPS) is 24.3. The van der Waals surface area contributed by atoms with Crippen molar-refractivity contribution in [1.29, 1.82) is 0 Å². The van der Waals surface area contributed by atoms with Crippen molar-refractivity contribution < 1.29 is 14.3 Å². The van der Waals surface area contributed by atoms with Crippen LogP contribution in [0.1, 0.15) is 19.8 Å².